The highest BCUT2D eigenvalue weighted by Crippen LogP contribution is 2.23. The monoisotopic (exact) mass is 270 g/mol. The summed E-state index contributed by atoms with van der Waals surface area (Å²) in [6.07, 6.45) is 0. The maximum Gasteiger partial charge on any atom is 0.291 e. The molecule has 2 rings (SSSR count). The average Bonchev–Trinajstić information content (AvgIpc) is 2.70. The molecule has 1 aromatic carbocycles. The van der Waals surface area contributed by atoms with Crippen LogP contribution in [0.15, 0.2) is 34.7 Å². The van der Waals surface area contributed by atoms with E-state index in [0.29, 0.717) is 16.4 Å². The van der Waals surface area contributed by atoms with Gasteiger partial charge in [-0.15, -0.1) is 0 Å². The molecule has 0 radical (unpaired) electrons. The molecule has 0 unspecified atom stereocenters. The first-order chi connectivity index (χ1) is 8.06. The Morgan fingerprint density at radius 1 is 1.24 bits per heavy atom. The molecule has 0 aliphatic heterocycles. The molecule has 1 heterocycles. The van der Waals surface area contributed by atoms with Crippen LogP contribution in [-0.2, 0) is 0 Å². The average molecular weight is 271 g/mol. The lowest BCUT2D eigenvalue weighted by molar-refractivity contribution is 0.0997. The summed E-state index contributed by atoms with van der Waals surface area (Å²) in [7, 11) is 0. The van der Waals surface area contributed by atoms with Gasteiger partial charge in [-0.3, -0.25) is 4.79 Å². The molecule has 0 bridgehead atoms. The fourth-order valence-electron chi connectivity index (χ4n) is 1.23. The van der Waals surface area contributed by atoms with Crippen molar-refractivity contribution in [3.05, 3.63) is 46.3 Å². The molecule has 0 spiro atoms. The zero-order valence-corrected chi connectivity index (χ0v) is 10.0. The van der Waals surface area contributed by atoms with Crippen LogP contribution in [0, 0.1) is 0 Å². The van der Waals surface area contributed by atoms with Crippen LogP contribution in [0.2, 0.25) is 10.2 Å². The van der Waals surface area contributed by atoms with Gasteiger partial charge in [-0.05, 0) is 41.9 Å². The third-order valence-corrected chi connectivity index (χ3v) is 2.59. The Balaban J connectivity index is 2.15. The number of anilines is 2. The van der Waals surface area contributed by atoms with E-state index in [1.165, 1.54) is 12.1 Å². The Morgan fingerprint density at radius 2 is 2.00 bits per heavy atom. The molecular formula is C11H8Cl2N2O2. The number of furan rings is 1. The number of hydrogen-bond donors (Lipinski definition) is 2. The Kier molecular flexibility index (Phi) is 3.26. The molecule has 0 fully saturated rings. The van der Waals surface area contributed by atoms with E-state index >= 15 is 0 Å². The van der Waals surface area contributed by atoms with Crippen LogP contribution in [0.5, 0.6) is 0 Å². The number of amides is 1. The number of halogens is 2. The van der Waals surface area contributed by atoms with E-state index in [1.807, 2.05) is 0 Å². The number of hydrogen-bond acceptors (Lipinski definition) is 3. The lowest BCUT2D eigenvalue weighted by Crippen LogP contribution is -2.10. The van der Waals surface area contributed by atoms with Gasteiger partial charge < -0.3 is 15.5 Å². The first-order valence-corrected chi connectivity index (χ1v) is 5.43. The van der Waals surface area contributed by atoms with E-state index in [4.69, 9.17) is 33.4 Å². The number of nitrogens with two attached hydrogens (primary N) is 1. The van der Waals surface area contributed by atoms with E-state index < -0.39 is 5.91 Å². The van der Waals surface area contributed by atoms with E-state index in [0.717, 1.165) is 0 Å². The minimum absolute atomic E-state index is 0.128. The van der Waals surface area contributed by atoms with Crippen molar-refractivity contribution >= 4 is 40.5 Å². The number of carbonyl (C=O) groups excluding carboxylic acids is 1. The quantitative estimate of drug-likeness (QED) is 0.822. The fraction of sp³-hybridized carbons (Fsp3) is 0. The summed E-state index contributed by atoms with van der Waals surface area (Å²) in [4.78, 5) is 11.7. The molecule has 1 aromatic heterocycles. The lowest BCUT2D eigenvalue weighted by Gasteiger charge is -2.04. The Labute approximate surface area is 107 Å². The van der Waals surface area contributed by atoms with Crippen molar-refractivity contribution in [2.24, 2.45) is 0 Å². The number of rotatable bonds is 2. The smallest absolute Gasteiger partial charge is 0.291 e. The summed E-state index contributed by atoms with van der Waals surface area (Å²) in [6.45, 7) is 0. The Bertz CT molecular complexity index is 566. The molecule has 0 atom stereocenters. The molecule has 4 nitrogen and oxygen atoms in total. The topological polar surface area (TPSA) is 68.3 Å². The standard InChI is InChI=1S/C11H8Cl2N2O2/c12-7-5-6(1-2-8(7)14)15-11(16)9-3-4-10(13)17-9/h1-5H,14H2,(H,15,16). The van der Waals surface area contributed by atoms with Crippen LogP contribution >= 0.6 is 23.2 Å². The number of carbonyl (C=O) groups is 1. The predicted octanol–water partition coefficient (Wildman–Crippen LogP) is 3.42. The Morgan fingerprint density at radius 3 is 2.59 bits per heavy atom. The highest BCUT2D eigenvalue weighted by atomic mass is 35.5. The van der Waals surface area contributed by atoms with Crippen molar-refractivity contribution in [3.8, 4) is 0 Å². The third kappa shape index (κ3) is 2.72. The second-order valence-corrected chi connectivity index (χ2v) is 4.07. The molecule has 1 amide bonds. The van der Waals surface area contributed by atoms with Gasteiger partial charge in [-0.2, -0.15) is 0 Å². The molecule has 0 saturated carbocycles. The van der Waals surface area contributed by atoms with Gasteiger partial charge in [0.1, 0.15) is 0 Å². The maximum absolute atomic E-state index is 11.7. The minimum Gasteiger partial charge on any atom is -0.440 e. The molecule has 88 valence electrons. The molecule has 17 heavy (non-hydrogen) atoms. The van der Waals surface area contributed by atoms with Crippen LogP contribution in [0.4, 0.5) is 11.4 Å². The van der Waals surface area contributed by atoms with Crippen molar-refractivity contribution in [2.75, 3.05) is 11.1 Å². The second kappa shape index (κ2) is 4.69. The highest BCUT2D eigenvalue weighted by molar-refractivity contribution is 6.33. The van der Waals surface area contributed by atoms with Gasteiger partial charge in [-0.1, -0.05) is 11.6 Å². The largest absolute Gasteiger partial charge is 0.440 e. The predicted molar refractivity (Wildman–Crippen MR) is 67.5 cm³/mol. The van der Waals surface area contributed by atoms with Crippen molar-refractivity contribution in [1.29, 1.82) is 0 Å². The van der Waals surface area contributed by atoms with Crippen LogP contribution in [0.3, 0.4) is 0 Å². The molecular weight excluding hydrogens is 263 g/mol. The summed E-state index contributed by atoms with van der Waals surface area (Å²) in [5, 5.41) is 3.14. The van der Waals surface area contributed by atoms with Gasteiger partial charge in [0.05, 0.1) is 10.7 Å². The van der Waals surface area contributed by atoms with Crippen LogP contribution in [0.25, 0.3) is 0 Å². The zero-order chi connectivity index (χ0) is 12.4. The summed E-state index contributed by atoms with van der Waals surface area (Å²) in [5.41, 5.74) is 6.53. The number of nitrogens with one attached hydrogen (secondary N) is 1. The van der Waals surface area contributed by atoms with Crippen molar-refractivity contribution in [3.63, 3.8) is 0 Å². The summed E-state index contributed by atoms with van der Waals surface area (Å²) >= 11 is 11.4. The lowest BCUT2D eigenvalue weighted by atomic mass is 10.3. The molecule has 0 aliphatic rings. The minimum atomic E-state index is -0.405. The molecule has 3 N–H and O–H groups in total. The van der Waals surface area contributed by atoms with Crippen LogP contribution in [0.1, 0.15) is 10.6 Å². The normalized spacial score (nSPS) is 10.2. The second-order valence-electron chi connectivity index (χ2n) is 3.29. The van der Waals surface area contributed by atoms with Gasteiger partial charge in [0.15, 0.2) is 11.0 Å². The fourth-order valence-corrected chi connectivity index (χ4v) is 1.56. The van der Waals surface area contributed by atoms with Crippen molar-refractivity contribution in [1.82, 2.24) is 0 Å². The van der Waals surface area contributed by atoms with Gasteiger partial charge in [0, 0.05) is 5.69 Å². The van der Waals surface area contributed by atoms with Gasteiger partial charge in [-0.25, -0.2) is 0 Å². The van der Waals surface area contributed by atoms with Crippen molar-refractivity contribution < 1.29 is 9.21 Å². The van der Waals surface area contributed by atoms with E-state index in [9.17, 15) is 4.79 Å². The summed E-state index contributed by atoms with van der Waals surface area (Å²) < 4.78 is 4.97. The van der Waals surface area contributed by atoms with Crippen LogP contribution in [-0.4, -0.2) is 5.91 Å². The maximum atomic E-state index is 11.7. The summed E-state index contributed by atoms with van der Waals surface area (Å²) in [6, 6.07) is 7.78. The van der Waals surface area contributed by atoms with Crippen LogP contribution < -0.4 is 11.1 Å². The van der Waals surface area contributed by atoms with Gasteiger partial charge in [0.2, 0.25) is 0 Å². The molecule has 0 aliphatic carbocycles. The van der Waals surface area contributed by atoms with E-state index in [2.05, 4.69) is 5.32 Å². The molecule has 2 aromatic rings. The first kappa shape index (κ1) is 11.8. The molecule has 0 saturated heterocycles. The van der Waals surface area contributed by atoms with Gasteiger partial charge in [0.25, 0.3) is 5.91 Å². The van der Waals surface area contributed by atoms with Gasteiger partial charge >= 0.3 is 0 Å². The summed E-state index contributed by atoms with van der Waals surface area (Å²) in [5.74, 6) is -0.277. The molecule has 6 heteroatoms. The number of benzene rings is 1. The Hall–Kier alpha value is -1.65. The van der Waals surface area contributed by atoms with E-state index in [1.54, 1.807) is 18.2 Å². The van der Waals surface area contributed by atoms with Crippen molar-refractivity contribution in [2.45, 2.75) is 0 Å². The highest BCUT2D eigenvalue weighted by Gasteiger charge is 2.11. The third-order valence-electron chi connectivity index (χ3n) is 2.06. The zero-order valence-electron chi connectivity index (χ0n) is 8.54. The first-order valence-electron chi connectivity index (χ1n) is 4.68. The SMILES string of the molecule is Nc1ccc(NC(=O)c2ccc(Cl)o2)cc1Cl. The van der Waals surface area contributed by atoms with E-state index in [-0.39, 0.29) is 11.0 Å². The number of nitrogen functional groups attached to an aromatic ring is 1.